The molecule has 0 amide bonds. The van der Waals surface area contributed by atoms with Gasteiger partial charge in [-0.25, -0.2) is 0 Å². The predicted molar refractivity (Wildman–Crippen MR) is 121 cm³/mol. The average molecular weight is 420 g/mol. The molecular formula is C24H33N7. The summed E-state index contributed by atoms with van der Waals surface area (Å²) >= 11 is 0. The first-order valence-corrected chi connectivity index (χ1v) is 11.2. The third-order valence-electron chi connectivity index (χ3n) is 6.55. The van der Waals surface area contributed by atoms with Crippen LogP contribution in [0.3, 0.4) is 0 Å². The molecule has 0 spiro atoms. The number of aryl methyl sites for hydroxylation is 3. The molecule has 31 heavy (non-hydrogen) atoms. The highest BCUT2D eigenvalue weighted by Crippen LogP contribution is 2.42. The number of benzene rings is 1. The van der Waals surface area contributed by atoms with Gasteiger partial charge in [0.15, 0.2) is 5.82 Å². The molecule has 4 rings (SSSR count). The third-order valence-corrected chi connectivity index (χ3v) is 6.55. The summed E-state index contributed by atoms with van der Waals surface area (Å²) in [5, 5.41) is 25.5. The van der Waals surface area contributed by atoms with Gasteiger partial charge in [0.05, 0.1) is 17.1 Å². The lowest BCUT2D eigenvalue weighted by molar-refractivity contribution is 0.0934. The van der Waals surface area contributed by atoms with Crippen molar-refractivity contribution in [3.63, 3.8) is 0 Å². The standard InChI is InChI=1S/C24H33N7/c1-7-17-10-8-9-15(2)22(17)31-23(28-29-30-31)21(20-12-11-16(3)26-27-20)25-19-13-18(14-19)24(4,5)6/h8-12,18-19,21,25H,7,13-14H2,1-6H3. The van der Waals surface area contributed by atoms with Gasteiger partial charge in [0.25, 0.3) is 0 Å². The number of tetrazole rings is 1. The monoisotopic (exact) mass is 419 g/mol. The molecule has 1 N–H and O–H groups in total. The maximum atomic E-state index is 4.49. The van der Waals surface area contributed by atoms with E-state index in [4.69, 9.17) is 0 Å². The molecule has 2 aromatic heterocycles. The summed E-state index contributed by atoms with van der Waals surface area (Å²) in [5.74, 6) is 1.47. The Morgan fingerprint density at radius 2 is 1.84 bits per heavy atom. The second-order valence-electron chi connectivity index (χ2n) is 9.82. The van der Waals surface area contributed by atoms with Gasteiger partial charge in [-0.05, 0) is 78.1 Å². The Morgan fingerprint density at radius 1 is 1.06 bits per heavy atom. The first-order valence-electron chi connectivity index (χ1n) is 11.2. The number of aromatic nitrogens is 6. The highest BCUT2D eigenvalue weighted by molar-refractivity contribution is 5.48. The van der Waals surface area contributed by atoms with Crippen LogP contribution >= 0.6 is 0 Å². The summed E-state index contributed by atoms with van der Waals surface area (Å²) in [4.78, 5) is 0. The molecule has 1 saturated carbocycles. The Bertz CT molecular complexity index is 1030. The van der Waals surface area contributed by atoms with Crippen molar-refractivity contribution in [3.05, 3.63) is 58.7 Å². The molecule has 7 heteroatoms. The molecule has 3 aromatic rings. The Balaban J connectivity index is 1.71. The van der Waals surface area contributed by atoms with E-state index in [1.807, 2.05) is 23.7 Å². The SMILES string of the molecule is CCc1cccc(C)c1-n1nnnc1C(NC1CC(C(C)(C)C)C1)c1ccc(C)nn1. The Kier molecular flexibility index (Phi) is 5.88. The second-order valence-corrected chi connectivity index (χ2v) is 9.82. The minimum atomic E-state index is -0.224. The Morgan fingerprint density at radius 3 is 2.48 bits per heavy atom. The summed E-state index contributed by atoms with van der Waals surface area (Å²) in [5.41, 5.74) is 5.49. The fourth-order valence-electron chi connectivity index (χ4n) is 4.39. The maximum absolute atomic E-state index is 4.49. The molecule has 164 valence electrons. The summed E-state index contributed by atoms with van der Waals surface area (Å²) in [6, 6.07) is 10.5. The van der Waals surface area contributed by atoms with Crippen molar-refractivity contribution in [1.82, 2.24) is 35.7 Å². The summed E-state index contributed by atoms with van der Waals surface area (Å²) < 4.78 is 1.88. The lowest BCUT2D eigenvalue weighted by Crippen LogP contribution is -2.47. The topological polar surface area (TPSA) is 81.4 Å². The summed E-state index contributed by atoms with van der Waals surface area (Å²) in [6.07, 6.45) is 3.20. The second kappa shape index (κ2) is 8.46. The van der Waals surface area contributed by atoms with Crippen molar-refractivity contribution >= 4 is 0 Å². The molecule has 1 aliphatic carbocycles. The van der Waals surface area contributed by atoms with Crippen LogP contribution in [0.5, 0.6) is 0 Å². The van der Waals surface area contributed by atoms with Gasteiger partial charge in [-0.1, -0.05) is 45.9 Å². The molecule has 0 radical (unpaired) electrons. The Hall–Kier alpha value is -2.67. The summed E-state index contributed by atoms with van der Waals surface area (Å²) in [6.45, 7) is 13.2. The van der Waals surface area contributed by atoms with Crippen LogP contribution in [0, 0.1) is 25.2 Å². The molecule has 2 heterocycles. The van der Waals surface area contributed by atoms with E-state index in [0.29, 0.717) is 17.4 Å². The fourth-order valence-corrected chi connectivity index (χ4v) is 4.39. The minimum absolute atomic E-state index is 0.224. The number of nitrogens with zero attached hydrogens (tertiary/aromatic N) is 6. The average Bonchev–Trinajstić information content (AvgIpc) is 3.15. The van der Waals surface area contributed by atoms with Crippen LogP contribution in [-0.4, -0.2) is 36.4 Å². The molecule has 1 unspecified atom stereocenters. The lowest BCUT2D eigenvalue weighted by Gasteiger charge is -2.45. The number of hydrogen-bond donors (Lipinski definition) is 1. The van der Waals surface area contributed by atoms with E-state index >= 15 is 0 Å². The van der Waals surface area contributed by atoms with Crippen molar-refractivity contribution in [3.8, 4) is 5.69 Å². The predicted octanol–water partition coefficient (Wildman–Crippen LogP) is 4.14. The van der Waals surface area contributed by atoms with Gasteiger partial charge in [-0.2, -0.15) is 14.9 Å². The first kappa shape index (κ1) is 21.6. The minimum Gasteiger partial charge on any atom is -0.299 e. The van der Waals surface area contributed by atoms with Gasteiger partial charge in [0.2, 0.25) is 0 Å². The molecule has 1 fully saturated rings. The number of hydrogen-bond acceptors (Lipinski definition) is 6. The van der Waals surface area contributed by atoms with Crippen molar-refractivity contribution in [1.29, 1.82) is 0 Å². The number of para-hydroxylation sites is 1. The van der Waals surface area contributed by atoms with Gasteiger partial charge in [0.1, 0.15) is 6.04 Å². The van der Waals surface area contributed by atoms with E-state index in [0.717, 1.165) is 47.7 Å². The van der Waals surface area contributed by atoms with Crippen molar-refractivity contribution in [2.75, 3.05) is 0 Å². The van der Waals surface area contributed by atoms with Crippen molar-refractivity contribution in [2.24, 2.45) is 11.3 Å². The van der Waals surface area contributed by atoms with Crippen LogP contribution in [0.2, 0.25) is 0 Å². The van der Waals surface area contributed by atoms with Gasteiger partial charge in [-0.15, -0.1) is 5.10 Å². The maximum Gasteiger partial charge on any atom is 0.179 e. The fraction of sp³-hybridized carbons (Fsp3) is 0.542. The van der Waals surface area contributed by atoms with Crippen LogP contribution in [-0.2, 0) is 6.42 Å². The third kappa shape index (κ3) is 4.37. The molecule has 0 aliphatic heterocycles. The van der Waals surface area contributed by atoms with E-state index in [-0.39, 0.29) is 6.04 Å². The van der Waals surface area contributed by atoms with Crippen LogP contribution in [0.25, 0.3) is 5.69 Å². The molecular weight excluding hydrogens is 386 g/mol. The molecule has 0 saturated heterocycles. The van der Waals surface area contributed by atoms with E-state index in [1.54, 1.807) is 0 Å². The highest BCUT2D eigenvalue weighted by atomic mass is 15.6. The van der Waals surface area contributed by atoms with Crippen LogP contribution in [0.15, 0.2) is 30.3 Å². The zero-order valence-electron chi connectivity index (χ0n) is 19.4. The van der Waals surface area contributed by atoms with Crippen LogP contribution in [0.4, 0.5) is 0 Å². The van der Waals surface area contributed by atoms with E-state index in [2.05, 4.69) is 83.9 Å². The van der Waals surface area contributed by atoms with E-state index in [9.17, 15) is 0 Å². The van der Waals surface area contributed by atoms with Crippen molar-refractivity contribution < 1.29 is 0 Å². The zero-order chi connectivity index (χ0) is 22.2. The molecule has 1 aromatic carbocycles. The van der Waals surface area contributed by atoms with Crippen molar-refractivity contribution in [2.45, 2.75) is 72.9 Å². The molecule has 7 nitrogen and oxygen atoms in total. The summed E-state index contributed by atoms with van der Waals surface area (Å²) in [7, 11) is 0. The normalized spacial score (nSPS) is 19.8. The smallest absolute Gasteiger partial charge is 0.179 e. The molecule has 1 atom stereocenters. The van der Waals surface area contributed by atoms with Gasteiger partial charge < -0.3 is 0 Å². The van der Waals surface area contributed by atoms with Crippen LogP contribution < -0.4 is 5.32 Å². The van der Waals surface area contributed by atoms with E-state index < -0.39 is 0 Å². The molecule has 1 aliphatic rings. The quantitative estimate of drug-likeness (QED) is 0.647. The van der Waals surface area contributed by atoms with Gasteiger partial charge >= 0.3 is 0 Å². The first-order chi connectivity index (χ1) is 14.8. The van der Waals surface area contributed by atoms with Gasteiger partial charge in [0, 0.05) is 6.04 Å². The van der Waals surface area contributed by atoms with E-state index in [1.165, 1.54) is 5.56 Å². The number of nitrogens with one attached hydrogen (secondary N) is 1. The Labute approximate surface area is 184 Å². The van der Waals surface area contributed by atoms with Gasteiger partial charge in [-0.3, -0.25) is 5.32 Å². The lowest BCUT2D eigenvalue weighted by atomic mass is 9.66. The molecule has 0 bridgehead atoms. The highest BCUT2D eigenvalue weighted by Gasteiger charge is 2.39. The zero-order valence-corrected chi connectivity index (χ0v) is 19.4. The van der Waals surface area contributed by atoms with Crippen LogP contribution in [0.1, 0.15) is 74.9 Å². The number of rotatable bonds is 6. The largest absolute Gasteiger partial charge is 0.299 e.